The maximum Gasteiger partial charge on any atom is 0.0989 e. The van der Waals surface area contributed by atoms with Crippen LogP contribution in [-0.2, 0) is 0 Å². The number of anilines is 2. The van der Waals surface area contributed by atoms with E-state index in [0.29, 0.717) is 0 Å². The lowest BCUT2D eigenvalue weighted by Gasteiger charge is -2.22. The normalized spacial score (nSPS) is 12.0. The first-order valence-electron chi connectivity index (χ1n) is 26.2. The van der Waals surface area contributed by atoms with E-state index in [-0.39, 0.29) is 0 Å². The highest BCUT2D eigenvalue weighted by Crippen LogP contribution is 2.45. The molecule has 0 saturated heterocycles. The number of pyridine rings is 2. The summed E-state index contributed by atoms with van der Waals surface area (Å²) in [6.45, 7) is 0.753. The molecule has 77 heavy (non-hydrogen) atoms. The second kappa shape index (κ2) is 21.0. The first-order valence-corrected chi connectivity index (χ1v) is 26.2. The summed E-state index contributed by atoms with van der Waals surface area (Å²) in [6.07, 6.45) is 8.03. The minimum Gasteiger partial charge on any atom is -0.328 e. The molecule has 0 atom stereocenters. The SMILES string of the molecule is C1=CN(c2ccc(-c3ccccc3-c3cc(-c4ccccc4-c4ccc(-c5ccccn5)cc4)cc(-c4ccccc4-c4ccc(-c5ccccn5)cc4-c4ccc(-c5ccccc5)cc4)c3)cc2)CN1c1ccccc1. The first kappa shape index (κ1) is 46.6. The molecule has 0 spiro atoms. The van der Waals surface area contributed by atoms with E-state index < -0.39 is 0 Å². The molecule has 10 aromatic carbocycles. The fraction of sp³-hybridized carbons (Fsp3) is 0.0137. The van der Waals surface area contributed by atoms with Crippen LogP contribution in [0.5, 0.6) is 0 Å². The van der Waals surface area contributed by atoms with Gasteiger partial charge in [0.25, 0.3) is 0 Å². The van der Waals surface area contributed by atoms with Gasteiger partial charge >= 0.3 is 0 Å². The van der Waals surface area contributed by atoms with Gasteiger partial charge in [0.1, 0.15) is 0 Å². The van der Waals surface area contributed by atoms with Crippen LogP contribution in [0.3, 0.4) is 0 Å². The van der Waals surface area contributed by atoms with Gasteiger partial charge in [0.15, 0.2) is 0 Å². The first-order chi connectivity index (χ1) is 38.2. The molecular formula is C73H52N4. The van der Waals surface area contributed by atoms with Crippen molar-refractivity contribution in [2.75, 3.05) is 16.5 Å². The Morgan fingerprint density at radius 1 is 0.221 bits per heavy atom. The Bertz CT molecular complexity index is 4020. The maximum absolute atomic E-state index is 4.78. The fourth-order valence-electron chi connectivity index (χ4n) is 10.8. The molecular weight excluding hydrogens is 933 g/mol. The molecule has 0 saturated carbocycles. The summed E-state index contributed by atoms with van der Waals surface area (Å²) in [4.78, 5) is 14.0. The average molecular weight is 985 g/mol. The lowest BCUT2D eigenvalue weighted by atomic mass is 9.84. The molecule has 0 amide bonds. The van der Waals surface area contributed by atoms with Gasteiger partial charge in [-0.3, -0.25) is 9.97 Å². The van der Waals surface area contributed by atoms with Crippen LogP contribution in [0.25, 0.3) is 112 Å². The van der Waals surface area contributed by atoms with Gasteiger partial charge in [-0.15, -0.1) is 0 Å². The van der Waals surface area contributed by atoms with Crippen molar-refractivity contribution in [3.8, 4) is 112 Å². The highest BCUT2D eigenvalue weighted by atomic mass is 15.3. The van der Waals surface area contributed by atoms with Crippen LogP contribution in [0.1, 0.15) is 0 Å². The summed E-state index contributed by atoms with van der Waals surface area (Å²) >= 11 is 0. The van der Waals surface area contributed by atoms with Crippen LogP contribution in [0.15, 0.2) is 304 Å². The van der Waals surface area contributed by atoms with Crippen LogP contribution in [0.4, 0.5) is 11.4 Å². The Hall–Kier alpha value is -10.2. The van der Waals surface area contributed by atoms with Crippen molar-refractivity contribution in [1.29, 1.82) is 0 Å². The molecule has 2 aromatic heterocycles. The van der Waals surface area contributed by atoms with E-state index in [0.717, 1.165) is 107 Å². The predicted molar refractivity (Wildman–Crippen MR) is 322 cm³/mol. The zero-order valence-corrected chi connectivity index (χ0v) is 42.4. The standard InChI is InChI=1S/C73H52N4/c1-3-17-52(18-4-1)53-29-31-56(32-30-53)71-50-58(73-28-14-16-44-75-73)39-42-70(71)69-26-12-11-25-68(69)61-48-59(66-23-9-7-21-64(66)54-33-35-57(36-34-54)72-27-13-15-43-74-72)47-60(49-61)67-24-10-8-22-65(67)55-37-40-63(41-38-55)77-46-45-76(51-77)62-19-5-2-6-20-62/h1-50H,51H2. The molecule has 0 unspecified atom stereocenters. The molecule has 13 rings (SSSR count). The third-order valence-electron chi connectivity index (χ3n) is 14.7. The maximum atomic E-state index is 4.78. The summed E-state index contributed by atoms with van der Waals surface area (Å²) in [5, 5.41) is 0. The van der Waals surface area contributed by atoms with E-state index >= 15 is 0 Å². The number of nitrogens with zero attached hydrogens (tertiary/aromatic N) is 4. The van der Waals surface area contributed by atoms with Crippen molar-refractivity contribution in [3.63, 3.8) is 0 Å². The number of hydrogen-bond acceptors (Lipinski definition) is 4. The lowest BCUT2D eigenvalue weighted by Crippen LogP contribution is -2.24. The van der Waals surface area contributed by atoms with Gasteiger partial charge in [-0.1, -0.05) is 206 Å². The molecule has 0 radical (unpaired) electrons. The highest BCUT2D eigenvalue weighted by molar-refractivity contribution is 5.97. The topological polar surface area (TPSA) is 32.3 Å². The van der Waals surface area contributed by atoms with Gasteiger partial charge < -0.3 is 9.80 Å². The summed E-state index contributed by atoms with van der Waals surface area (Å²) in [5.74, 6) is 0. The smallest absolute Gasteiger partial charge is 0.0989 e. The predicted octanol–water partition coefficient (Wildman–Crippen LogP) is 18.9. The van der Waals surface area contributed by atoms with Gasteiger partial charge in [0.2, 0.25) is 0 Å². The molecule has 0 fully saturated rings. The van der Waals surface area contributed by atoms with Crippen LogP contribution >= 0.6 is 0 Å². The minimum absolute atomic E-state index is 0.753. The Morgan fingerprint density at radius 2 is 0.571 bits per heavy atom. The van der Waals surface area contributed by atoms with Gasteiger partial charge in [0.05, 0.1) is 18.1 Å². The van der Waals surface area contributed by atoms with Crippen molar-refractivity contribution in [1.82, 2.24) is 9.97 Å². The number of aromatic nitrogens is 2. The van der Waals surface area contributed by atoms with Gasteiger partial charge in [0, 0.05) is 47.3 Å². The zero-order chi connectivity index (χ0) is 51.3. The summed E-state index contributed by atoms with van der Waals surface area (Å²) in [5.41, 5.74) is 24.8. The number of hydrogen-bond donors (Lipinski definition) is 0. The van der Waals surface area contributed by atoms with Crippen LogP contribution in [0, 0.1) is 0 Å². The molecule has 1 aliphatic heterocycles. The Kier molecular flexibility index (Phi) is 12.7. The van der Waals surface area contributed by atoms with E-state index in [1.807, 2.05) is 30.6 Å². The molecule has 0 aliphatic carbocycles. The van der Waals surface area contributed by atoms with Crippen LogP contribution in [-0.4, -0.2) is 16.6 Å². The van der Waals surface area contributed by atoms with E-state index in [2.05, 4.69) is 288 Å². The summed E-state index contributed by atoms with van der Waals surface area (Å²) in [6, 6.07) is 101. The van der Waals surface area contributed by atoms with E-state index in [4.69, 9.17) is 4.98 Å². The van der Waals surface area contributed by atoms with Crippen LogP contribution < -0.4 is 9.80 Å². The second-order valence-corrected chi connectivity index (χ2v) is 19.4. The summed E-state index contributed by atoms with van der Waals surface area (Å²) in [7, 11) is 0. The minimum atomic E-state index is 0.753. The second-order valence-electron chi connectivity index (χ2n) is 19.4. The average Bonchev–Trinajstić information content (AvgIpc) is 4.05. The number of benzene rings is 10. The Balaban J connectivity index is 0.947. The van der Waals surface area contributed by atoms with Crippen molar-refractivity contribution in [3.05, 3.63) is 304 Å². The lowest BCUT2D eigenvalue weighted by molar-refractivity contribution is 0.976. The number of rotatable bonds is 12. The third kappa shape index (κ3) is 9.64. The van der Waals surface area contributed by atoms with Gasteiger partial charge in [-0.25, -0.2) is 0 Å². The van der Waals surface area contributed by atoms with Gasteiger partial charge in [-0.2, -0.15) is 0 Å². The van der Waals surface area contributed by atoms with Crippen molar-refractivity contribution in [2.24, 2.45) is 0 Å². The monoisotopic (exact) mass is 984 g/mol. The number of para-hydroxylation sites is 1. The summed E-state index contributed by atoms with van der Waals surface area (Å²) < 4.78 is 0. The molecule has 1 aliphatic rings. The molecule has 12 aromatic rings. The van der Waals surface area contributed by atoms with E-state index in [9.17, 15) is 0 Å². The highest BCUT2D eigenvalue weighted by Gasteiger charge is 2.20. The Morgan fingerprint density at radius 3 is 1.09 bits per heavy atom. The fourth-order valence-corrected chi connectivity index (χ4v) is 10.8. The molecule has 0 N–H and O–H groups in total. The van der Waals surface area contributed by atoms with Crippen molar-refractivity contribution < 1.29 is 0 Å². The zero-order valence-electron chi connectivity index (χ0n) is 42.4. The largest absolute Gasteiger partial charge is 0.328 e. The van der Waals surface area contributed by atoms with E-state index in [1.165, 1.54) is 22.4 Å². The van der Waals surface area contributed by atoms with E-state index in [1.54, 1.807) is 0 Å². The van der Waals surface area contributed by atoms with Gasteiger partial charge in [-0.05, 0) is 162 Å². The van der Waals surface area contributed by atoms with Crippen molar-refractivity contribution in [2.45, 2.75) is 0 Å². The van der Waals surface area contributed by atoms with Crippen LogP contribution in [0.2, 0.25) is 0 Å². The van der Waals surface area contributed by atoms with Crippen molar-refractivity contribution >= 4 is 11.4 Å². The molecule has 4 nitrogen and oxygen atoms in total. The quantitative estimate of drug-likeness (QED) is 0.122. The molecule has 4 heteroatoms. The molecule has 0 bridgehead atoms. The Labute approximate surface area is 450 Å². The molecule has 3 heterocycles. The molecule has 364 valence electrons. The third-order valence-corrected chi connectivity index (χ3v) is 14.7.